The fraction of sp³-hybridized carbons (Fsp3) is 0.364. The molecule has 154 valence electrons. The van der Waals surface area contributed by atoms with E-state index in [0.717, 1.165) is 11.1 Å². The minimum Gasteiger partial charge on any atom is -0.454 e. The summed E-state index contributed by atoms with van der Waals surface area (Å²) in [6.45, 7) is 4.45. The summed E-state index contributed by atoms with van der Waals surface area (Å²) in [5.41, 5.74) is 1.72. The number of carbonyl (C=O) groups excluding carboxylic acids is 2. The van der Waals surface area contributed by atoms with Crippen LogP contribution in [0.2, 0.25) is 0 Å². The Balaban J connectivity index is 1.70. The molecule has 2 aromatic rings. The molecule has 0 saturated heterocycles. The molecule has 2 amide bonds. The van der Waals surface area contributed by atoms with Crippen LogP contribution in [0.15, 0.2) is 42.5 Å². The first-order valence-electron chi connectivity index (χ1n) is 9.68. The van der Waals surface area contributed by atoms with E-state index in [1.807, 2.05) is 25.1 Å². The molecule has 0 bridgehead atoms. The second kappa shape index (κ2) is 9.41. The summed E-state index contributed by atoms with van der Waals surface area (Å²) in [4.78, 5) is 26.9. The summed E-state index contributed by atoms with van der Waals surface area (Å²) >= 11 is 0. The number of fused-ring (bicyclic) bond motifs is 1. The van der Waals surface area contributed by atoms with Crippen LogP contribution in [0, 0.1) is 5.82 Å². The molecule has 2 aromatic carbocycles. The summed E-state index contributed by atoms with van der Waals surface area (Å²) in [6, 6.07) is 10.9. The standard InChI is InChI=1S/C22H25FN2O4/c1-3-24-22(27)15(2)25(13-17-4-8-18(23)9-5-17)21(26)11-7-16-6-10-19-20(12-16)29-14-28-19/h4-6,8-10,12,15H,3,7,11,13-14H2,1-2H3,(H,24,27)/t15-/m1/s1. The van der Waals surface area contributed by atoms with Gasteiger partial charge in [-0.25, -0.2) is 4.39 Å². The molecule has 3 rings (SSSR count). The zero-order chi connectivity index (χ0) is 20.8. The van der Waals surface area contributed by atoms with E-state index >= 15 is 0 Å². The Morgan fingerprint density at radius 1 is 1.10 bits per heavy atom. The molecule has 1 atom stereocenters. The summed E-state index contributed by atoms with van der Waals surface area (Å²) in [7, 11) is 0. The monoisotopic (exact) mass is 400 g/mol. The molecule has 0 aromatic heterocycles. The number of halogens is 1. The van der Waals surface area contributed by atoms with Crippen molar-refractivity contribution in [3.63, 3.8) is 0 Å². The molecule has 0 unspecified atom stereocenters. The van der Waals surface area contributed by atoms with E-state index in [9.17, 15) is 14.0 Å². The highest BCUT2D eigenvalue weighted by Gasteiger charge is 2.25. The number of benzene rings is 2. The van der Waals surface area contributed by atoms with E-state index in [2.05, 4.69) is 5.32 Å². The number of amides is 2. The average molecular weight is 400 g/mol. The number of likely N-dealkylation sites (N-methyl/N-ethyl adjacent to an activating group) is 1. The van der Waals surface area contributed by atoms with Gasteiger partial charge in [-0.1, -0.05) is 18.2 Å². The lowest BCUT2D eigenvalue weighted by atomic mass is 10.1. The maximum Gasteiger partial charge on any atom is 0.242 e. The lowest BCUT2D eigenvalue weighted by Crippen LogP contribution is -2.47. The zero-order valence-electron chi connectivity index (χ0n) is 16.6. The van der Waals surface area contributed by atoms with Crippen LogP contribution in [-0.2, 0) is 22.6 Å². The predicted octanol–water partition coefficient (Wildman–Crippen LogP) is 3.04. The molecule has 1 aliphatic heterocycles. The van der Waals surface area contributed by atoms with Crippen molar-refractivity contribution < 1.29 is 23.5 Å². The summed E-state index contributed by atoms with van der Waals surface area (Å²) in [5.74, 6) is 0.666. The summed E-state index contributed by atoms with van der Waals surface area (Å²) in [6.07, 6.45) is 0.752. The van der Waals surface area contributed by atoms with Gasteiger partial charge in [0.2, 0.25) is 18.6 Å². The van der Waals surface area contributed by atoms with Crippen molar-refractivity contribution >= 4 is 11.8 Å². The molecule has 1 N–H and O–H groups in total. The van der Waals surface area contributed by atoms with E-state index in [4.69, 9.17) is 9.47 Å². The van der Waals surface area contributed by atoms with Gasteiger partial charge in [0.1, 0.15) is 11.9 Å². The Hall–Kier alpha value is -3.09. The molecule has 0 fully saturated rings. The predicted molar refractivity (Wildman–Crippen MR) is 106 cm³/mol. The van der Waals surface area contributed by atoms with Crippen LogP contribution in [0.4, 0.5) is 4.39 Å². The first-order valence-corrected chi connectivity index (χ1v) is 9.68. The SMILES string of the molecule is CCNC(=O)[C@@H](C)N(Cc1ccc(F)cc1)C(=O)CCc1ccc2c(c1)OCO2. The molecule has 29 heavy (non-hydrogen) atoms. The Kier molecular flexibility index (Phi) is 6.69. The molecular weight excluding hydrogens is 375 g/mol. The van der Waals surface area contributed by atoms with Gasteiger partial charge in [-0.2, -0.15) is 0 Å². The van der Waals surface area contributed by atoms with Crippen LogP contribution in [0.3, 0.4) is 0 Å². The first-order chi connectivity index (χ1) is 14.0. The van der Waals surface area contributed by atoms with Gasteiger partial charge in [-0.15, -0.1) is 0 Å². The topological polar surface area (TPSA) is 67.9 Å². The third-order valence-electron chi connectivity index (χ3n) is 4.85. The Morgan fingerprint density at radius 2 is 1.79 bits per heavy atom. The highest BCUT2D eigenvalue weighted by atomic mass is 19.1. The van der Waals surface area contributed by atoms with Crippen molar-refractivity contribution in [1.82, 2.24) is 10.2 Å². The van der Waals surface area contributed by atoms with Gasteiger partial charge in [-0.05, 0) is 55.7 Å². The molecule has 1 aliphatic rings. The molecule has 0 radical (unpaired) electrons. The van der Waals surface area contributed by atoms with Gasteiger partial charge in [0.15, 0.2) is 11.5 Å². The van der Waals surface area contributed by atoms with Crippen LogP contribution in [0.1, 0.15) is 31.4 Å². The Morgan fingerprint density at radius 3 is 2.52 bits per heavy atom. The number of rotatable bonds is 8. The number of hydrogen-bond acceptors (Lipinski definition) is 4. The van der Waals surface area contributed by atoms with Gasteiger partial charge in [0.25, 0.3) is 0 Å². The van der Waals surface area contributed by atoms with Crippen LogP contribution in [0.5, 0.6) is 11.5 Å². The van der Waals surface area contributed by atoms with E-state index in [1.54, 1.807) is 19.1 Å². The number of nitrogens with zero attached hydrogens (tertiary/aromatic N) is 1. The van der Waals surface area contributed by atoms with Gasteiger partial charge in [0.05, 0.1) is 0 Å². The molecule has 7 heteroatoms. The van der Waals surface area contributed by atoms with E-state index in [1.165, 1.54) is 17.0 Å². The minimum absolute atomic E-state index is 0.147. The van der Waals surface area contributed by atoms with Crippen molar-refractivity contribution in [2.45, 2.75) is 39.3 Å². The van der Waals surface area contributed by atoms with Crippen LogP contribution < -0.4 is 14.8 Å². The maximum atomic E-state index is 13.2. The van der Waals surface area contributed by atoms with Gasteiger partial charge in [-0.3, -0.25) is 9.59 Å². The fourth-order valence-electron chi connectivity index (χ4n) is 3.18. The second-order valence-electron chi connectivity index (χ2n) is 6.91. The van der Waals surface area contributed by atoms with Gasteiger partial charge < -0.3 is 19.7 Å². The third kappa shape index (κ3) is 5.25. The zero-order valence-corrected chi connectivity index (χ0v) is 16.6. The Bertz CT molecular complexity index is 870. The lowest BCUT2D eigenvalue weighted by molar-refractivity contribution is -0.140. The van der Waals surface area contributed by atoms with Crippen LogP contribution in [-0.4, -0.2) is 36.1 Å². The Labute approximate surface area is 169 Å². The van der Waals surface area contributed by atoms with E-state index < -0.39 is 6.04 Å². The largest absolute Gasteiger partial charge is 0.454 e. The molecule has 1 heterocycles. The maximum absolute atomic E-state index is 13.2. The van der Waals surface area contributed by atoms with Crippen LogP contribution in [0.25, 0.3) is 0 Å². The van der Waals surface area contributed by atoms with Crippen molar-refractivity contribution in [1.29, 1.82) is 0 Å². The van der Waals surface area contributed by atoms with Gasteiger partial charge >= 0.3 is 0 Å². The second-order valence-corrected chi connectivity index (χ2v) is 6.91. The highest BCUT2D eigenvalue weighted by molar-refractivity contribution is 5.87. The van der Waals surface area contributed by atoms with Crippen molar-refractivity contribution in [2.24, 2.45) is 0 Å². The number of nitrogens with one attached hydrogen (secondary N) is 1. The average Bonchev–Trinajstić information content (AvgIpc) is 3.19. The minimum atomic E-state index is -0.635. The van der Waals surface area contributed by atoms with Crippen LogP contribution >= 0.6 is 0 Å². The quantitative estimate of drug-likeness (QED) is 0.740. The third-order valence-corrected chi connectivity index (χ3v) is 4.85. The molecule has 0 aliphatic carbocycles. The summed E-state index contributed by atoms with van der Waals surface area (Å²) < 4.78 is 23.9. The number of carbonyl (C=O) groups is 2. The molecule has 0 saturated carbocycles. The normalized spacial score (nSPS) is 13.1. The molecule has 0 spiro atoms. The molecule has 6 nitrogen and oxygen atoms in total. The van der Waals surface area contributed by atoms with E-state index in [-0.39, 0.29) is 37.4 Å². The van der Waals surface area contributed by atoms with Crippen molar-refractivity contribution in [3.05, 3.63) is 59.4 Å². The van der Waals surface area contributed by atoms with Crippen molar-refractivity contribution in [2.75, 3.05) is 13.3 Å². The summed E-state index contributed by atoms with van der Waals surface area (Å²) in [5, 5.41) is 2.75. The number of ether oxygens (including phenoxy) is 2. The van der Waals surface area contributed by atoms with E-state index in [0.29, 0.717) is 24.5 Å². The first kappa shape index (κ1) is 20.6. The number of aryl methyl sites for hydroxylation is 1. The van der Waals surface area contributed by atoms with Crippen molar-refractivity contribution in [3.8, 4) is 11.5 Å². The number of hydrogen-bond donors (Lipinski definition) is 1. The van der Waals surface area contributed by atoms with Gasteiger partial charge in [0, 0.05) is 19.5 Å². The lowest BCUT2D eigenvalue weighted by Gasteiger charge is -2.28. The smallest absolute Gasteiger partial charge is 0.242 e. The molecular formula is C22H25FN2O4. The highest BCUT2D eigenvalue weighted by Crippen LogP contribution is 2.32. The fourth-order valence-corrected chi connectivity index (χ4v) is 3.18.